The summed E-state index contributed by atoms with van der Waals surface area (Å²) >= 11 is 0. The number of halogens is 2. The number of carbonyl (C=O) groups excluding carboxylic acids is 1. The number of hydrogen-bond donors (Lipinski definition) is 0. The van der Waals surface area contributed by atoms with Crippen molar-refractivity contribution in [3.8, 4) is 0 Å². The van der Waals surface area contributed by atoms with E-state index in [9.17, 15) is 13.6 Å². The first-order valence-corrected chi connectivity index (χ1v) is 5.36. The molecule has 0 heterocycles. The first-order valence-electron chi connectivity index (χ1n) is 5.36. The summed E-state index contributed by atoms with van der Waals surface area (Å²) < 4.78 is 26.3. The summed E-state index contributed by atoms with van der Waals surface area (Å²) in [5.74, 6) is -1.18. The second-order valence-corrected chi connectivity index (χ2v) is 4.42. The Morgan fingerprint density at radius 1 is 1.31 bits per heavy atom. The van der Waals surface area contributed by atoms with Gasteiger partial charge in [-0.05, 0) is 30.4 Å². The van der Waals surface area contributed by atoms with Crippen molar-refractivity contribution < 1.29 is 13.6 Å². The molecular weight excluding hydrogens is 210 g/mol. The first-order chi connectivity index (χ1) is 7.41. The topological polar surface area (TPSA) is 17.1 Å². The van der Waals surface area contributed by atoms with Crippen LogP contribution < -0.4 is 0 Å². The van der Waals surface area contributed by atoms with Gasteiger partial charge < -0.3 is 4.79 Å². The molecular formula is C13H16F2O. The van der Waals surface area contributed by atoms with E-state index in [4.69, 9.17) is 0 Å². The number of rotatable bonds is 4. The maximum atomic E-state index is 13.6. The molecule has 1 aromatic rings. The van der Waals surface area contributed by atoms with Gasteiger partial charge >= 0.3 is 0 Å². The van der Waals surface area contributed by atoms with E-state index in [0.717, 1.165) is 6.07 Å². The highest BCUT2D eigenvalue weighted by molar-refractivity contribution is 5.76. The number of Topliss-reactive ketones (excluding diaryl/α,β-unsaturated/α-hetero) is 1. The fraction of sp³-hybridized carbons (Fsp3) is 0.462. The van der Waals surface area contributed by atoms with Crippen LogP contribution >= 0.6 is 0 Å². The molecule has 0 N–H and O–H groups in total. The summed E-state index contributed by atoms with van der Waals surface area (Å²) in [6, 6.07) is 3.52. The van der Waals surface area contributed by atoms with Crippen molar-refractivity contribution >= 4 is 5.78 Å². The summed E-state index contributed by atoms with van der Waals surface area (Å²) in [4.78, 5) is 11.1. The Morgan fingerprint density at radius 2 is 1.94 bits per heavy atom. The van der Waals surface area contributed by atoms with Crippen LogP contribution in [0, 0.1) is 17.6 Å². The van der Waals surface area contributed by atoms with E-state index in [0.29, 0.717) is 12.0 Å². The van der Waals surface area contributed by atoms with Crippen LogP contribution in [0.4, 0.5) is 8.78 Å². The molecule has 0 saturated heterocycles. The number of ketones is 1. The minimum Gasteiger partial charge on any atom is -0.300 e. The molecule has 0 bridgehead atoms. The van der Waals surface area contributed by atoms with E-state index in [1.54, 1.807) is 0 Å². The summed E-state index contributed by atoms with van der Waals surface area (Å²) in [7, 11) is 0. The highest BCUT2D eigenvalue weighted by Crippen LogP contribution is 2.30. The molecule has 1 unspecified atom stereocenters. The molecule has 1 nitrogen and oxygen atoms in total. The average Bonchev–Trinajstić information content (AvgIpc) is 2.14. The van der Waals surface area contributed by atoms with Crippen molar-refractivity contribution in [2.75, 3.05) is 0 Å². The van der Waals surface area contributed by atoms with Gasteiger partial charge in [0.2, 0.25) is 0 Å². The van der Waals surface area contributed by atoms with Crippen LogP contribution in [0.25, 0.3) is 0 Å². The Bertz CT molecular complexity index is 386. The van der Waals surface area contributed by atoms with E-state index < -0.39 is 11.6 Å². The minimum atomic E-state index is -0.591. The van der Waals surface area contributed by atoms with Gasteiger partial charge in [-0.15, -0.1) is 0 Å². The monoisotopic (exact) mass is 226 g/mol. The SMILES string of the molecule is CC(=O)CC(c1ccc(F)cc1F)C(C)C. The number of benzene rings is 1. The molecule has 16 heavy (non-hydrogen) atoms. The van der Waals surface area contributed by atoms with Crippen LogP contribution in [0.2, 0.25) is 0 Å². The Hall–Kier alpha value is -1.25. The van der Waals surface area contributed by atoms with Crippen LogP contribution in [0.3, 0.4) is 0 Å². The first kappa shape index (κ1) is 12.8. The summed E-state index contributed by atoms with van der Waals surface area (Å²) in [6.07, 6.45) is 0.292. The standard InChI is InChI=1S/C13H16F2O/c1-8(2)12(6-9(3)16)11-5-4-10(14)7-13(11)15/h4-5,7-8,12H,6H2,1-3H3. The Morgan fingerprint density at radius 3 is 2.38 bits per heavy atom. The van der Waals surface area contributed by atoms with Crippen molar-refractivity contribution in [1.82, 2.24) is 0 Å². The summed E-state index contributed by atoms with van der Waals surface area (Å²) in [5, 5.41) is 0. The Balaban J connectivity index is 3.05. The highest BCUT2D eigenvalue weighted by atomic mass is 19.1. The zero-order chi connectivity index (χ0) is 12.3. The van der Waals surface area contributed by atoms with Gasteiger partial charge in [-0.3, -0.25) is 0 Å². The largest absolute Gasteiger partial charge is 0.300 e. The van der Waals surface area contributed by atoms with Crippen LogP contribution in [-0.2, 0) is 4.79 Å². The third-order valence-electron chi connectivity index (χ3n) is 2.67. The maximum Gasteiger partial charge on any atom is 0.130 e. The lowest BCUT2D eigenvalue weighted by Gasteiger charge is -2.20. The van der Waals surface area contributed by atoms with E-state index in [-0.39, 0.29) is 17.6 Å². The van der Waals surface area contributed by atoms with Crippen molar-refractivity contribution in [2.45, 2.75) is 33.1 Å². The Kier molecular flexibility index (Phi) is 4.16. The van der Waals surface area contributed by atoms with E-state index in [1.165, 1.54) is 19.1 Å². The molecule has 1 aromatic carbocycles. The van der Waals surface area contributed by atoms with Crippen LogP contribution in [0.15, 0.2) is 18.2 Å². The molecule has 0 aliphatic rings. The van der Waals surface area contributed by atoms with Crippen molar-refractivity contribution in [1.29, 1.82) is 0 Å². The highest BCUT2D eigenvalue weighted by Gasteiger charge is 2.21. The normalized spacial score (nSPS) is 12.9. The zero-order valence-corrected chi connectivity index (χ0v) is 9.76. The average molecular weight is 226 g/mol. The predicted molar refractivity (Wildman–Crippen MR) is 59.2 cm³/mol. The molecule has 0 aromatic heterocycles. The molecule has 0 aliphatic heterocycles. The van der Waals surface area contributed by atoms with E-state index in [1.807, 2.05) is 13.8 Å². The van der Waals surface area contributed by atoms with Gasteiger partial charge in [0.1, 0.15) is 17.4 Å². The van der Waals surface area contributed by atoms with Gasteiger partial charge in [0.05, 0.1) is 0 Å². The smallest absolute Gasteiger partial charge is 0.130 e. The zero-order valence-electron chi connectivity index (χ0n) is 9.76. The third kappa shape index (κ3) is 3.12. The van der Waals surface area contributed by atoms with Crippen molar-refractivity contribution in [3.05, 3.63) is 35.4 Å². The van der Waals surface area contributed by atoms with Crippen LogP contribution in [0.1, 0.15) is 38.7 Å². The van der Waals surface area contributed by atoms with Gasteiger partial charge in [-0.2, -0.15) is 0 Å². The van der Waals surface area contributed by atoms with Gasteiger partial charge in [0.15, 0.2) is 0 Å². The van der Waals surface area contributed by atoms with Gasteiger partial charge in [-0.1, -0.05) is 19.9 Å². The molecule has 3 heteroatoms. The second-order valence-electron chi connectivity index (χ2n) is 4.42. The maximum absolute atomic E-state index is 13.6. The summed E-state index contributed by atoms with van der Waals surface area (Å²) in [6.45, 7) is 5.34. The molecule has 1 rings (SSSR count). The summed E-state index contributed by atoms with van der Waals surface area (Å²) in [5.41, 5.74) is 0.423. The van der Waals surface area contributed by atoms with Gasteiger partial charge in [0, 0.05) is 12.5 Å². The Labute approximate surface area is 94.5 Å². The molecule has 0 amide bonds. The molecule has 88 valence electrons. The minimum absolute atomic E-state index is 0.0161. The quantitative estimate of drug-likeness (QED) is 0.765. The van der Waals surface area contributed by atoms with Gasteiger partial charge in [-0.25, -0.2) is 8.78 Å². The fourth-order valence-electron chi connectivity index (χ4n) is 1.82. The van der Waals surface area contributed by atoms with Gasteiger partial charge in [0.25, 0.3) is 0 Å². The lowest BCUT2D eigenvalue weighted by molar-refractivity contribution is -0.117. The lowest BCUT2D eigenvalue weighted by atomic mass is 9.84. The van der Waals surface area contributed by atoms with E-state index in [2.05, 4.69) is 0 Å². The van der Waals surface area contributed by atoms with Crippen LogP contribution in [0.5, 0.6) is 0 Å². The number of hydrogen-bond acceptors (Lipinski definition) is 1. The lowest BCUT2D eigenvalue weighted by Crippen LogP contribution is -2.12. The molecule has 0 spiro atoms. The van der Waals surface area contributed by atoms with Crippen LogP contribution in [-0.4, -0.2) is 5.78 Å². The molecule has 0 radical (unpaired) electrons. The third-order valence-corrected chi connectivity index (χ3v) is 2.67. The molecule has 0 saturated carbocycles. The van der Waals surface area contributed by atoms with Crippen molar-refractivity contribution in [2.24, 2.45) is 5.92 Å². The van der Waals surface area contributed by atoms with E-state index >= 15 is 0 Å². The van der Waals surface area contributed by atoms with Crippen molar-refractivity contribution in [3.63, 3.8) is 0 Å². The second kappa shape index (κ2) is 5.19. The molecule has 0 fully saturated rings. The predicted octanol–water partition coefficient (Wildman–Crippen LogP) is 3.68. The molecule has 0 aliphatic carbocycles. The fourth-order valence-corrected chi connectivity index (χ4v) is 1.82. The molecule has 1 atom stereocenters. The number of carbonyl (C=O) groups is 1.